The van der Waals surface area contributed by atoms with E-state index in [1.165, 1.54) is 0 Å². The zero-order chi connectivity index (χ0) is 23.9. The van der Waals surface area contributed by atoms with E-state index in [9.17, 15) is 30.8 Å². The molecule has 0 aromatic carbocycles. The van der Waals surface area contributed by atoms with E-state index in [1.807, 2.05) is 13.8 Å². The Balaban J connectivity index is 2.52. The summed E-state index contributed by atoms with van der Waals surface area (Å²) in [5.41, 5.74) is -0.638. The average Bonchev–Trinajstić information content (AvgIpc) is 2.62. The number of hydrogen-bond acceptors (Lipinski definition) is 5. The van der Waals surface area contributed by atoms with Gasteiger partial charge >= 0.3 is 27.3 Å². The molecule has 0 spiro atoms. The molecule has 1 saturated carbocycles. The van der Waals surface area contributed by atoms with E-state index < -0.39 is 52.3 Å². The number of ether oxygens (including phenoxy) is 2. The molecule has 31 heavy (non-hydrogen) atoms. The van der Waals surface area contributed by atoms with Gasteiger partial charge in [-0.2, -0.15) is 26.0 Å². The first-order chi connectivity index (χ1) is 14.2. The third kappa shape index (κ3) is 7.42. The number of carbonyl (C=O) groups excluding carboxylic acids is 1. The predicted molar refractivity (Wildman–Crippen MR) is 107 cm³/mol. The molecule has 1 rings (SSSR count). The molecule has 0 amide bonds. The molecule has 0 heterocycles. The Bertz CT molecular complexity index is 713. The van der Waals surface area contributed by atoms with Crippen LogP contribution >= 0.6 is 0 Å². The summed E-state index contributed by atoms with van der Waals surface area (Å²) in [5, 5.41) is -5.60. The molecule has 1 N–H and O–H groups in total. The second-order valence-corrected chi connectivity index (χ2v) is 9.80. The van der Waals surface area contributed by atoms with E-state index in [-0.39, 0.29) is 18.1 Å². The maximum atomic E-state index is 13.4. The Morgan fingerprint density at radius 2 is 1.61 bits per heavy atom. The standard InChI is InChI=1S/C20H32F4O6S/c1-15(2)18(10-7-5-4-6-8-11-18)30-17(25)16(3)14-29-13-9-12-19(21,22)20(23,24)31(26,27)28/h15H,3-14H2,1-2H3,(H,26,27,28). The lowest BCUT2D eigenvalue weighted by molar-refractivity contribution is -0.166. The molecule has 0 atom stereocenters. The van der Waals surface area contributed by atoms with Gasteiger partial charge in [0.05, 0.1) is 12.2 Å². The SMILES string of the molecule is C=C(COCCCC(F)(F)C(F)(F)S(=O)(=O)O)C(=O)OC1(C(C)C)CCCCCCC1. The van der Waals surface area contributed by atoms with Crippen molar-refractivity contribution >= 4 is 16.1 Å². The van der Waals surface area contributed by atoms with Crippen LogP contribution in [-0.4, -0.2) is 48.9 Å². The Labute approximate surface area is 181 Å². The van der Waals surface area contributed by atoms with Crippen LogP contribution < -0.4 is 0 Å². The normalized spacial score (nSPS) is 18.3. The fraction of sp³-hybridized carbons (Fsp3) is 0.850. The van der Waals surface area contributed by atoms with E-state index in [2.05, 4.69) is 6.58 Å². The number of esters is 1. The summed E-state index contributed by atoms with van der Waals surface area (Å²) in [7, 11) is -6.26. The summed E-state index contributed by atoms with van der Waals surface area (Å²) in [6.45, 7) is 6.77. The van der Waals surface area contributed by atoms with Crippen LogP contribution in [0, 0.1) is 5.92 Å². The number of alkyl halides is 4. The lowest BCUT2D eigenvalue weighted by Crippen LogP contribution is -2.46. The molecule has 182 valence electrons. The maximum Gasteiger partial charge on any atom is 0.431 e. The van der Waals surface area contributed by atoms with Crippen LogP contribution in [-0.2, 0) is 24.4 Å². The first-order valence-corrected chi connectivity index (χ1v) is 11.8. The maximum absolute atomic E-state index is 13.4. The number of carbonyl (C=O) groups is 1. The molecular formula is C20H32F4O6S. The fourth-order valence-electron chi connectivity index (χ4n) is 3.54. The minimum Gasteiger partial charge on any atom is -0.455 e. The first-order valence-electron chi connectivity index (χ1n) is 10.4. The van der Waals surface area contributed by atoms with Crippen LogP contribution in [0.15, 0.2) is 12.2 Å². The molecule has 0 saturated heterocycles. The summed E-state index contributed by atoms with van der Waals surface area (Å²) in [5.74, 6) is -5.53. The van der Waals surface area contributed by atoms with E-state index in [1.54, 1.807) is 0 Å². The molecule has 0 unspecified atom stereocenters. The van der Waals surface area contributed by atoms with E-state index >= 15 is 0 Å². The zero-order valence-corrected chi connectivity index (χ0v) is 18.8. The Morgan fingerprint density at radius 3 is 2.10 bits per heavy atom. The summed E-state index contributed by atoms with van der Waals surface area (Å²) in [4.78, 5) is 12.5. The van der Waals surface area contributed by atoms with Crippen LogP contribution in [0.3, 0.4) is 0 Å². The van der Waals surface area contributed by atoms with E-state index in [0.29, 0.717) is 0 Å². The highest BCUT2D eigenvalue weighted by atomic mass is 32.2. The summed E-state index contributed by atoms with van der Waals surface area (Å²) >= 11 is 0. The van der Waals surface area contributed by atoms with Crippen LogP contribution in [0.1, 0.15) is 71.6 Å². The molecule has 1 aliphatic rings. The van der Waals surface area contributed by atoms with Crippen molar-refractivity contribution in [2.45, 2.75) is 88.4 Å². The Morgan fingerprint density at radius 1 is 1.10 bits per heavy atom. The molecule has 0 aliphatic heterocycles. The van der Waals surface area contributed by atoms with Crippen LogP contribution in [0.25, 0.3) is 0 Å². The predicted octanol–water partition coefficient (Wildman–Crippen LogP) is 5.14. The van der Waals surface area contributed by atoms with Crippen molar-refractivity contribution in [3.63, 3.8) is 0 Å². The first kappa shape index (κ1) is 27.8. The largest absolute Gasteiger partial charge is 0.455 e. The highest BCUT2D eigenvalue weighted by molar-refractivity contribution is 7.87. The molecule has 6 nitrogen and oxygen atoms in total. The van der Waals surface area contributed by atoms with Crippen molar-refractivity contribution in [2.24, 2.45) is 5.92 Å². The van der Waals surface area contributed by atoms with Gasteiger partial charge in [-0.1, -0.05) is 39.7 Å². The smallest absolute Gasteiger partial charge is 0.431 e. The minimum atomic E-state index is -6.26. The van der Waals surface area contributed by atoms with Crippen molar-refractivity contribution in [1.29, 1.82) is 0 Å². The summed E-state index contributed by atoms with van der Waals surface area (Å²) in [6.07, 6.45) is 4.48. The second kappa shape index (κ2) is 11.1. The molecule has 11 heteroatoms. The molecule has 0 bridgehead atoms. The van der Waals surface area contributed by atoms with Gasteiger partial charge in [0, 0.05) is 13.0 Å². The quantitative estimate of drug-likeness (QED) is 0.146. The molecule has 1 fully saturated rings. The van der Waals surface area contributed by atoms with Crippen molar-refractivity contribution in [2.75, 3.05) is 13.2 Å². The molecule has 1 aliphatic carbocycles. The lowest BCUT2D eigenvalue weighted by atomic mass is 9.79. The van der Waals surface area contributed by atoms with Crippen LogP contribution in [0.5, 0.6) is 0 Å². The zero-order valence-electron chi connectivity index (χ0n) is 18.0. The van der Waals surface area contributed by atoms with Crippen molar-refractivity contribution in [3.8, 4) is 0 Å². The molecular weight excluding hydrogens is 444 g/mol. The third-order valence-electron chi connectivity index (χ3n) is 5.64. The average molecular weight is 477 g/mol. The van der Waals surface area contributed by atoms with Gasteiger partial charge in [-0.25, -0.2) is 4.79 Å². The van der Waals surface area contributed by atoms with Gasteiger partial charge in [0.25, 0.3) is 0 Å². The van der Waals surface area contributed by atoms with Crippen molar-refractivity contribution in [3.05, 3.63) is 12.2 Å². The number of rotatable bonds is 11. The molecule has 0 aromatic heterocycles. The van der Waals surface area contributed by atoms with Gasteiger partial charge in [0.15, 0.2) is 0 Å². The highest BCUT2D eigenvalue weighted by Gasteiger charge is 2.64. The minimum absolute atomic E-state index is 0.0305. The van der Waals surface area contributed by atoms with Crippen molar-refractivity contribution in [1.82, 2.24) is 0 Å². The lowest BCUT2D eigenvalue weighted by Gasteiger charge is -2.38. The monoisotopic (exact) mass is 476 g/mol. The molecule has 0 radical (unpaired) electrons. The number of hydrogen-bond donors (Lipinski definition) is 1. The van der Waals surface area contributed by atoms with Gasteiger partial charge < -0.3 is 9.47 Å². The fourth-order valence-corrected chi connectivity index (χ4v) is 4.02. The van der Waals surface area contributed by atoms with E-state index in [4.69, 9.17) is 14.0 Å². The van der Waals surface area contributed by atoms with Gasteiger partial charge in [0.1, 0.15) is 5.60 Å². The van der Waals surface area contributed by atoms with Gasteiger partial charge in [-0.15, -0.1) is 0 Å². The second-order valence-electron chi connectivity index (χ2n) is 8.33. The Hall–Kier alpha value is -1.20. The Kier molecular flexibility index (Phi) is 9.96. The number of halogens is 4. The van der Waals surface area contributed by atoms with Gasteiger partial charge in [0.2, 0.25) is 0 Å². The van der Waals surface area contributed by atoms with Crippen LogP contribution in [0.4, 0.5) is 17.6 Å². The third-order valence-corrected chi connectivity index (χ3v) is 6.59. The van der Waals surface area contributed by atoms with Crippen molar-refractivity contribution < 1.29 is 44.8 Å². The topological polar surface area (TPSA) is 89.9 Å². The highest BCUT2D eigenvalue weighted by Crippen LogP contribution is 2.41. The van der Waals surface area contributed by atoms with Gasteiger partial charge in [-0.05, 0) is 38.0 Å². The molecule has 0 aromatic rings. The van der Waals surface area contributed by atoms with Crippen LogP contribution in [0.2, 0.25) is 0 Å². The summed E-state index contributed by atoms with van der Waals surface area (Å²) in [6, 6.07) is 0. The van der Waals surface area contributed by atoms with E-state index in [0.717, 1.165) is 44.9 Å². The van der Waals surface area contributed by atoms with Gasteiger partial charge in [-0.3, -0.25) is 4.55 Å². The summed E-state index contributed by atoms with van der Waals surface area (Å²) < 4.78 is 93.1.